The van der Waals surface area contributed by atoms with Crippen LogP contribution >= 0.6 is 0 Å². The van der Waals surface area contributed by atoms with Gasteiger partial charge in [-0.05, 0) is 69.9 Å². The fourth-order valence-corrected chi connectivity index (χ4v) is 4.19. The molecule has 0 amide bonds. The SMILES string of the molecule is CCN(CC)CCCC(C)NC(=NC)NCC1(c2ccc(OC)cc2)CCOCC1. The summed E-state index contributed by atoms with van der Waals surface area (Å²) in [5.74, 6) is 1.77. The Morgan fingerprint density at radius 1 is 1.20 bits per heavy atom. The lowest BCUT2D eigenvalue weighted by atomic mass is 9.74. The summed E-state index contributed by atoms with van der Waals surface area (Å²) in [5, 5.41) is 7.17. The molecule has 1 heterocycles. The van der Waals surface area contributed by atoms with Gasteiger partial charge in [0.15, 0.2) is 5.96 Å². The van der Waals surface area contributed by atoms with Crippen molar-refractivity contribution in [3.63, 3.8) is 0 Å². The van der Waals surface area contributed by atoms with E-state index in [1.54, 1.807) is 7.11 Å². The average Bonchev–Trinajstić information content (AvgIpc) is 2.80. The molecule has 6 nitrogen and oxygen atoms in total. The van der Waals surface area contributed by atoms with E-state index in [1.807, 2.05) is 7.05 Å². The van der Waals surface area contributed by atoms with E-state index in [1.165, 1.54) is 12.0 Å². The van der Waals surface area contributed by atoms with Crippen molar-refractivity contribution in [2.24, 2.45) is 4.99 Å². The highest BCUT2D eigenvalue weighted by Crippen LogP contribution is 2.35. The van der Waals surface area contributed by atoms with Gasteiger partial charge in [-0.3, -0.25) is 4.99 Å². The Labute approximate surface area is 183 Å². The number of benzene rings is 1. The van der Waals surface area contributed by atoms with Gasteiger partial charge in [-0.15, -0.1) is 0 Å². The molecule has 2 rings (SSSR count). The molecular weight excluding hydrogens is 376 g/mol. The fraction of sp³-hybridized carbons (Fsp3) is 0.708. The second kappa shape index (κ2) is 12.8. The van der Waals surface area contributed by atoms with Crippen molar-refractivity contribution in [3.05, 3.63) is 29.8 Å². The van der Waals surface area contributed by atoms with Crippen molar-refractivity contribution >= 4 is 5.96 Å². The van der Waals surface area contributed by atoms with Crippen molar-refractivity contribution in [2.45, 2.75) is 57.9 Å². The van der Waals surface area contributed by atoms with Gasteiger partial charge in [-0.2, -0.15) is 0 Å². The zero-order chi connectivity index (χ0) is 21.8. The first-order valence-electron chi connectivity index (χ1n) is 11.5. The van der Waals surface area contributed by atoms with E-state index in [0.29, 0.717) is 6.04 Å². The topological polar surface area (TPSA) is 58.1 Å². The van der Waals surface area contributed by atoms with Crippen LogP contribution in [0.25, 0.3) is 0 Å². The quantitative estimate of drug-likeness (QED) is 0.426. The highest BCUT2D eigenvalue weighted by atomic mass is 16.5. The van der Waals surface area contributed by atoms with E-state index < -0.39 is 0 Å². The Hall–Kier alpha value is -1.79. The Bertz CT molecular complexity index is 623. The highest BCUT2D eigenvalue weighted by Gasteiger charge is 2.34. The number of rotatable bonds is 11. The van der Waals surface area contributed by atoms with E-state index in [0.717, 1.165) is 70.4 Å². The smallest absolute Gasteiger partial charge is 0.191 e. The third kappa shape index (κ3) is 7.17. The molecule has 1 aromatic carbocycles. The van der Waals surface area contributed by atoms with E-state index >= 15 is 0 Å². The summed E-state index contributed by atoms with van der Waals surface area (Å²) in [4.78, 5) is 6.95. The molecular formula is C24H42N4O2. The molecule has 1 aliphatic heterocycles. The minimum absolute atomic E-state index is 0.0497. The number of guanidine groups is 1. The van der Waals surface area contributed by atoms with Crippen LogP contribution < -0.4 is 15.4 Å². The van der Waals surface area contributed by atoms with Crippen molar-refractivity contribution < 1.29 is 9.47 Å². The van der Waals surface area contributed by atoms with Crippen LogP contribution in [0.5, 0.6) is 5.75 Å². The summed E-state index contributed by atoms with van der Waals surface area (Å²) in [6, 6.07) is 8.88. The van der Waals surface area contributed by atoms with Crippen LogP contribution in [0.1, 0.15) is 52.0 Å². The molecule has 0 bridgehead atoms. The van der Waals surface area contributed by atoms with Gasteiger partial charge in [0.1, 0.15) is 5.75 Å². The number of aliphatic imine (C=N–C) groups is 1. The molecule has 1 aromatic rings. The molecule has 1 aliphatic rings. The highest BCUT2D eigenvalue weighted by molar-refractivity contribution is 5.80. The number of methoxy groups -OCH3 is 1. The maximum Gasteiger partial charge on any atom is 0.191 e. The first-order valence-corrected chi connectivity index (χ1v) is 11.5. The Kier molecular flexibility index (Phi) is 10.4. The molecule has 30 heavy (non-hydrogen) atoms. The number of hydrogen-bond donors (Lipinski definition) is 2. The van der Waals surface area contributed by atoms with Gasteiger partial charge in [0.05, 0.1) is 7.11 Å². The van der Waals surface area contributed by atoms with Crippen molar-refractivity contribution in [1.82, 2.24) is 15.5 Å². The normalized spacial score (nSPS) is 17.6. The van der Waals surface area contributed by atoms with E-state index in [4.69, 9.17) is 9.47 Å². The number of nitrogens with zero attached hydrogens (tertiary/aromatic N) is 2. The molecule has 6 heteroatoms. The summed E-state index contributed by atoms with van der Waals surface area (Å²) >= 11 is 0. The monoisotopic (exact) mass is 418 g/mol. The van der Waals surface area contributed by atoms with Crippen molar-refractivity contribution in [2.75, 3.05) is 53.6 Å². The van der Waals surface area contributed by atoms with Crippen LogP contribution in [-0.4, -0.2) is 70.5 Å². The van der Waals surface area contributed by atoms with Crippen LogP contribution in [-0.2, 0) is 10.2 Å². The third-order valence-electron chi connectivity index (χ3n) is 6.36. The first-order chi connectivity index (χ1) is 14.6. The van der Waals surface area contributed by atoms with Crippen molar-refractivity contribution in [3.8, 4) is 5.75 Å². The Morgan fingerprint density at radius 2 is 1.87 bits per heavy atom. The second-order valence-electron chi connectivity index (χ2n) is 8.26. The summed E-state index contributed by atoms with van der Waals surface area (Å²) in [7, 11) is 3.56. The van der Waals surface area contributed by atoms with Crippen LogP contribution in [0, 0.1) is 0 Å². The average molecular weight is 419 g/mol. The number of hydrogen-bond acceptors (Lipinski definition) is 4. The minimum atomic E-state index is 0.0497. The number of nitrogens with one attached hydrogen (secondary N) is 2. The summed E-state index contributed by atoms with van der Waals surface area (Å²) < 4.78 is 11.0. The summed E-state index contributed by atoms with van der Waals surface area (Å²) in [5.41, 5.74) is 1.38. The van der Waals surface area contributed by atoms with Gasteiger partial charge in [0.25, 0.3) is 0 Å². The molecule has 1 unspecified atom stereocenters. The third-order valence-corrected chi connectivity index (χ3v) is 6.36. The van der Waals surface area contributed by atoms with Gasteiger partial charge in [0, 0.05) is 38.3 Å². The minimum Gasteiger partial charge on any atom is -0.497 e. The van der Waals surface area contributed by atoms with Gasteiger partial charge in [-0.1, -0.05) is 26.0 Å². The lowest BCUT2D eigenvalue weighted by molar-refractivity contribution is 0.0513. The molecule has 0 saturated carbocycles. The lowest BCUT2D eigenvalue weighted by Crippen LogP contribution is -2.49. The Balaban J connectivity index is 1.92. The first kappa shape index (κ1) is 24.5. The molecule has 1 saturated heterocycles. The van der Waals surface area contributed by atoms with Gasteiger partial charge in [0.2, 0.25) is 0 Å². The van der Waals surface area contributed by atoms with E-state index in [9.17, 15) is 0 Å². The molecule has 2 N–H and O–H groups in total. The molecule has 1 atom stereocenters. The van der Waals surface area contributed by atoms with E-state index in [-0.39, 0.29) is 5.41 Å². The molecule has 1 fully saturated rings. The molecule has 0 radical (unpaired) electrons. The van der Waals surface area contributed by atoms with Crippen molar-refractivity contribution in [1.29, 1.82) is 0 Å². The standard InChI is InChI=1S/C24H42N4O2/c1-6-28(7-2)16-8-9-20(3)27-23(25-4)26-19-24(14-17-30-18-15-24)21-10-12-22(29-5)13-11-21/h10-13,20H,6-9,14-19H2,1-5H3,(H2,25,26,27). The zero-order valence-electron chi connectivity index (χ0n) is 19.7. The van der Waals surface area contributed by atoms with Gasteiger partial charge < -0.3 is 25.0 Å². The van der Waals surface area contributed by atoms with Crippen LogP contribution in [0.15, 0.2) is 29.3 Å². The van der Waals surface area contributed by atoms with E-state index in [2.05, 4.69) is 65.6 Å². The largest absolute Gasteiger partial charge is 0.497 e. The van der Waals surface area contributed by atoms with Gasteiger partial charge in [-0.25, -0.2) is 0 Å². The summed E-state index contributed by atoms with van der Waals surface area (Å²) in [6.07, 6.45) is 4.33. The maximum absolute atomic E-state index is 5.67. The lowest BCUT2D eigenvalue weighted by Gasteiger charge is -2.38. The molecule has 170 valence electrons. The van der Waals surface area contributed by atoms with Crippen LogP contribution in [0.4, 0.5) is 0 Å². The van der Waals surface area contributed by atoms with Crippen LogP contribution in [0.3, 0.4) is 0 Å². The van der Waals surface area contributed by atoms with Crippen LogP contribution in [0.2, 0.25) is 0 Å². The molecule has 0 aromatic heterocycles. The fourth-order valence-electron chi connectivity index (χ4n) is 4.19. The zero-order valence-corrected chi connectivity index (χ0v) is 19.7. The molecule has 0 spiro atoms. The van der Waals surface area contributed by atoms with Gasteiger partial charge >= 0.3 is 0 Å². The predicted molar refractivity (Wildman–Crippen MR) is 126 cm³/mol. The molecule has 0 aliphatic carbocycles. The summed E-state index contributed by atoms with van der Waals surface area (Å²) in [6.45, 7) is 12.5. The number of ether oxygens (including phenoxy) is 2. The second-order valence-corrected chi connectivity index (χ2v) is 8.26. The predicted octanol–water partition coefficient (Wildman–Crippen LogP) is 3.42. The maximum atomic E-state index is 5.67. The Morgan fingerprint density at radius 3 is 2.43 bits per heavy atom.